The summed E-state index contributed by atoms with van der Waals surface area (Å²) in [4.78, 5) is 26.4. The highest BCUT2D eigenvalue weighted by Gasteiger charge is 2.31. The van der Waals surface area contributed by atoms with Crippen molar-refractivity contribution in [2.45, 2.75) is 31.3 Å². The first-order valence-electron chi connectivity index (χ1n) is 7.55. The van der Waals surface area contributed by atoms with Gasteiger partial charge in [-0.3, -0.25) is 9.59 Å². The van der Waals surface area contributed by atoms with Crippen LogP contribution >= 0.6 is 24.2 Å². The van der Waals surface area contributed by atoms with Crippen LogP contribution in [0, 0.1) is 0 Å². The maximum Gasteiger partial charge on any atom is 0.249 e. The topological polar surface area (TPSA) is 75.4 Å². The Morgan fingerprint density at radius 1 is 1.43 bits per heavy atom. The molecule has 7 heteroatoms. The van der Waals surface area contributed by atoms with E-state index in [1.54, 1.807) is 16.7 Å². The van der Waals surface area contributed by atoms with Gasteiger partial charge in [-0.2, -0.15) is 11.8 Å². The van der Waals surface area contributed by atoms with Gasteiger partial charge in [-0.25, -0.2) is 0 Å². The van der Waals surface area contributed by atoms with E-state index >= 15 is 0 Å². The molecule has 0 bridgehead atoms. The van der Waals surface area contributed by atoms with Crippen LogP contribution in [0.1, 0.15) is 19.3 Å². The summed E-state index contributed by atoms with van der Waals surface area (Å²) in [6.07, 6.45) is 4.14. The minimum Gasteiger partial charge on any atom is -0.343 e. The molecule has 23 heavy (non-hydrogen) atoms. The predicted octanol–water partition coefficient (Wildman–Crippen LogP) is 1.80. The van der Waals surface area contributed by atoms with E-state index in [9.17, 15) is 9.59 Å². The SMILES string of the molecule is CSCC[C@H](N)C(=O)NC1CCCN(c2ccccc2)C1=O.Cl. The van der Waals surface area contributed by atoms with Gasteiger partial charge in [-0.15, -0.1) is 12.4 Å². The molecule has 1 aromatic carbocycles. The minimum absolute atomic E-state index is 0. The number of thioether (sulfide) groups is 1. The van der Waals surface area contributed by atoms with E-state index < -0.39 is 12.1 Å². The van der Waals surface area contributed by atoms with Gasteiger partial charge >= 0.3 is 0 Å². The number of carbonyl (C=O) groups excluding carboxylic acids is 2. The molecule has 2 amide bonds. The van der Waals surface area contributed by atoms with Gasteiger partial charge in [0.15, 0.2) is 0 Å². The van der Waals surface area contributed by atoms with Gasteiger partial charge in [0, 0.05) is 12.2 Å². The van der Waals surface area contributed by atoms with E-state index in [4.69, 9.17) is 5.73 Å². The Hall–Kier alpha value is -1.24. The van der Waals surface area contributed by atoms with Gasteiger partial charge < -0.3 is 16.0 Å². The Balaban J connectivity index is 0.00000264. The second-order valence-electron chi connectivity index (χ2n) is 5.42. The molecular weight excluding hydrogens is 334 g/mol. The molecule has 1 heterocycles. The lowest BCUT2D eigenvalue weighted by Crippen LogP contribution is -2.55. The number of rotatable bonds is 6. The Labute approximate surface area is 147 Å². The molecule has 0 aromatic heterocycles. The zero-order valence-corrected chi connectivity index (χ0v) is 14.9. The van der Waals surface area contributed by atoms with Gasteiger partial charge in [0.1, 0.15) is 6.04 Å². The Morgan fingerprint density at radius 2 is 2.13 bits per heavy atom. The number of nitrogens with two attached hydrogens (primary N) is 1. The maximum atomic E-state index is 12.6. The molecule has 2 rings (SSSR count). The van der Waals surface area contributed by atoms with Crippen LogP contribution < -0.4 is 16.0 Å². The number of benzene rings is 1. The Kier molecular flexibility index (Phi) is 8.44. The quantitative estimate of drug-likeness (QED) is 0.814. The number of hydrogen-bond donors (Lipinski definition) is 2. The number of nitrogens with zero attached hydrogens (tertiary/aromatic N) is 1. The lowest BCUT2D eigenvalue weighted by atomic mass is 10.0. The largest absolute Gasteiger partial charge is 0.343 e. The fourth-order valence-electron chi connectivity index (χ4n) is 2.53. The zero-order valence-electron chi connectivity index (χ0n) is 13.2. The molecule has 1 fully saturated rings. The van der Waals surface area contributed by atoms with Crippen LogP contribution in [-0.4, -0.2) is 42.5 Å². The van der Waals surface area contributed by atoms with Crippen molar-refractivity contribution in [3.63, 3.8) is 0 Å². The van der Waals surface area contributed by atoms with Crippen LogP contribution in [0.5, 0.6) is 0 Å². The first-order chi connectivity index (χ1) is 10.6. The second kappa shape index (κ2) is 9.80. The highest BCUT2D eigenvalue weighted by atomic mass is 35.5. The number of hydrogen-bond acceptors (Lipinski definition) is 4. The molecule has 0 aliphatic carbocycles. The summed E-state index contributed by atoms with van der Waals surface area (Å²) < 4.78 is 0. The third-order valence-corrected chi connectivity index (χ3v) is 4.44. The molecule has 0 radical (unpaired) electrons. The molecule has 5 nitrogen and oxygen atoms in total. The number of piperidine rings is 1. The normalized spacial score (nSPS) is 19.0. The van der Waals surface area contributed by atoms with Gasteiger partial charge in [0.05, 0.1) is 6.04 Å². The lowest BCUT2D eigenvalue weighted by molar-refractivity contribution is -0.129. The molecule has 0 spiro atoms. The summed E-state index contributed by atoms with van der Waals surface area (Å²) in [5, 5.41) is 2.81. The Morgan fingerprint density at radius 3 is 2.78 bits per heavy atom. The molecule has 3 N–H and O–H groups in total. The molecule has 128 valence electrons. The number of para-hydroxylation sites is 1. The summed E-state index contributed by atoms with van der Waals surface area (Å²) in [7, 11) is 0. The Bertz CT molecular complexity index is 515. The minimum atomic E-state index is -0.549. The van der Waals surface area contributed by atoms with E-state index in [1.165, 1.54) is 0 Å². The molecule has 1 unspecified atom stereocenters. The van der Waals surface area contributed by atoms with Crippen LogP contribution in [0.4, 0.5) is 5.69 Å². The van der Waals surface area contributed by atoms with E-state index in [1.807, 2.05) is 36.6 Å². The molecule has 1 aromatic rings. The molecule has 0 saturated carbocycles. The van der Waals surface area contributed by atoms with Crippen LogP contribution in [0.15, 0.2) is 30.3 Å². The van der Waals surface area contributed by atoms with Crippen LogP contribution in [-0.2, 0) is 9.59 Å². The number of anilines is 1. The van der Waals surface area contributed by atoms with Gasteiger partial charge in [-0.1, -0.05) is 18.2 Å². The fourth-order valence-corrected chi connectivity index (χ4v) is 3.02. The lowest BCUT2D eigenvalue weighted by Gasteiger charge is -2.33. The highest BCUT2D eigenvalue weighted by Crippen LogP contribution is 2.20. The van der Waals surface area contributed by atoms with Crippen molar-refractivity contribution in [2.75, 3.05) is 23.5 Å². The number of carbonyl (C=O) groups is 2. The van der Waals surface area contributed by atoms with Crippen molar-refractivity contribution in [1.29, 1.82) is 0 Å². The van der Waals surface area contributed by atoms with Crippen molar-refractivity contribution in [3.8, 4) is 0 Å². The molecule has 1 aliphatic rings. The van der Waals surface area contributed by atoms with Crippen LogP contribution in [0.25, 0.3) is 0 Å². The van der Waals surface area contributed by atoms with E-state index in [-0.39, 0.29) is 24.2 Å². The van der Waals surface area contributed by atoms with Gasteiger partial charge in [0.25, 0.3) is 0 Å². The third kappa shape index (κ3) is 5.41. The van der Waals surface area contributed by atoms with Crippen molar-refractivity contribution in [3.05, 3.63) is 30.3 Å². The monoisotopic (exact) mass is 357 g/mol. The third-order valence-electron chi connectivity index (χ3n) is 3.79. The van der Waals surface area contributed by atoms with Gasteiger partial charge in [0.2, 0.25) is 11.8 Å². The average molecular weight is 358 g/mol. The van der Waals surface area contributed by atoms with Gasteiger partial charge in [-0.05, 0) is 43.4 Å². The summed E-state index contributed by atoms with van der Waals surface area (Å²) in [5.41, 5.74) is 6.73. The summed E-state index contributed by atoms with van der Waals surface area (Å²) >= 11 is 1.66. The zero-order chi connectivity index (χ0) is 15.9. The first kappa shape index (κ1) is 19.8. The maximum absolute atomic E-state index is 12.6. The average Bonchev–Trinajstić information content (AvgIpc) is 2.55. The van der Waals surface area contributed by atoms with Crippen molar-refractivity contribution in [1.82, 2.24) is 5.32 Å². The molecule has 1 saturated heterocycles. The van der Waals surface area contributed by atoms with Crippen molar-refractivity contribution in [2.24, 2.45) is 5.73 Å². The van der Waals surface area contributed by atoms with Crippen LogP contribution in [0.2, 0.25) is 0 Å². The van der Waals surface area contributed by atoms with Crippen molar-refractivity contribution < 1.29 is 9.59 Å². The second-order valence-corrected chi connectivity index (χ2v) is 6.40. The number of amides is 2. The fraction of sp³-hybridized carbons (Fsp3) is 0.500. The molecule has 2 atom stereocenters. The number of nitrogens with one attached hydrogen (secondary N) is 1. The van der Waals surface area contributed by atoms with Crippen LogP contribution in [0.3, 0.4) is 0 Å². The standard InChI is InChI=1S/C16H23N3O2S.ClH/c1-22-11-9-13(17)15(20)18-14-8-5-10-19(16(14)21)12-6-3-2-4-7-12;/h2-4,6-7,13-14H,5,8-11,17H2,1H3,(H,18,20);1H/t13-,14?;/m0./s1. The summed E-state index contributed by atoms with van der Waals surface area (Å²) in [6.45, 7) is 0.688. The first-order valence-corrected chi connectivity index (χ1v) is 8.94. The predicted molar refractivity (Wildman–Crippen MR) is 98.2 cm³/mol. The highest BCUT2D eigenvalue weighted by molar-refractivity contribution is 7.98. The van der Waals surface area contributed by atoms with E-state index in [2.05, 4.69) is 5.32 Å². The van der Waals surface area contributed by atoms with E-state index in [0.717, 1.165) is 17.9 Å². The van der Waals surface area contributed by atoms with Crippen molar-refractivity contribution >= 4 is 41.7 Å². The van der Waals surface area contributed by atoms with E-state index in [0.29, 0.717) is 19.4 Å². The number of halogens is 1. The smallest absolute Gasteiger partial charge is 0.249 e. The molecule has 1 aliphatic heterocycles. The molecular formula is C16H24ClN3O2S. The summed E-state index contributed by atoms with van der Waals surface area (Å²) in [5.74, 6) is 0.550. The summed E-state index contributed by atoms with van der Waals surface area (Å²) in [6, 6.07) is 8.53.